The number of hydrogen-bond acceptors (Lipinski definition) is 3. The first-order valence-corrected chi connectivity index (χ1v) is 6.22. The molecule has 0 spiro atoms. The van der Waals surface area contributed by atoms with Crippen molar-refractivity contribution in [3.63, 3.8) is 0 Å². The zero-order valence-corrected chi connectivity index (χ0v) is 11.1. The number of nitrogens with zero attached hydrogens (tertiary/aromatic N) is 1. The summed E-state index contributed by atoms with van der Waals surface area (Å²) in [7, 11) is 0. The van der Waals surface area contributed by atoms with Crippen LogP contribution in [0.15, 0.2) is 18.2 Å². The number of rotatable bonds is 2. The minimum Gasteiger partial charge on any atom is -0.392 e. The summed E-state index contributed by atoms with van der Waals surface area (Å²) in [6.07, 6.45) is -4.64. The SMILES string of the molecule is CC1(C)C(O)CC1Nc1ccc(C#N)cc1C(F)(F)F. The fourth-order valence-corrected chi connectivity index (χ4v) is 2.31. The molecule has 108 valence electrons. The average molecular weight is 284 g/mol. The van der Waals surface area contributed by atoms with Crippen LogP contribution in [0.2, 0.25) is 0 Å². The standard InChI is InChI=1S/C14H15F3N2O/c1-13(2)11(6-12(13)20)19-10-4-3-8(7-18)5-9(10)14(15,16)17/h3-5,11-12,19-20H,6H2,1-2H3. The molecule has 0 amide bonds. The van der Waals surface area contributed by atoms with Gasteiger partial charge in [0, 0.05) is 17.1 Å². The highest BCUT2D eigenvalue weighted by molar-refractivity contribution is 5.57. The lowest BCUT2D eigenvalue weighted by atomic mass is 9.64. The number of anilines is 1. The van der Waals surface area contributed by atoms with E-state index in [0.717, 1.165) is 6.07 Å². The molecule has 2 atom stereocenters. The third kappa shape index (κ3) is 2.46. The van der Waals surface area contributed by atoms with E-state index in [1.807, 2.05) is 0 Å². The maximum absolute atomic E-state index is 13.0. The van der Waals surface area contributed by atoms with E-state index in [1.54, 1.807) is 19.9 Å². The second kappa shape index (κ2) is 4.67. The molecule has 0 aromatic heterocycles. The summed E-state index contributed by atoms with van der Waals surface area (Å²) in [5, 5.41) is 21.2. The minimum atomic E-state index is -4.53. The topological polar surface area (TPSA) is 56.0 Å². The molecule has 1 saturated carbocycles. The van der Waals surface area contributed by atoms with Crippen molar-refractivity contribution in [2.75, 3.05) is 5.32 Å². The van der Waals surface area contributed by atoms with Gasteiger partial charge < -0.3 is 10.4 Å². The Hall–Kier alpha value is -1.74. The lowest BCUT2D eigenvalue weighted by Gasteiger charge is -2.50. The second-order valence-electron chi connectivity index (χ2n) is 5.64. The molecule has 0 aliphatic heterocycles. The lowest BCUT2D eigenvalue weighted by Crippen LogP contribution is -2.57. The summed E-state index contributed by atoms with van der Waals surface area (Å²) in [4.78, 5) is 0. The fourth-order valence-electron chi connectivity index (χ4n) is 2.31. The van der Waals surface area contributed by atoms with Crippen molar-refractivity contribution in [3.05, 3.63) is 29.3 Å². The minimum absolute atomic E-state index is 0.0317. The van der Waals surface area contributed by atoms with Gasteiger partial charge in [-0.2, -0.15) is 18.4 Å². The van der Waals surface area contributed by atoms with E-state index in [2.05, 4.69) is 5.32 Å². The van der Waals surface area contributed by atoms with Gasteiger partial charge in [-0.1, -0.05) is 13.8 Å². The maximum Gasteiger partial charge on any atom is 0.418 e. The van der Waals surface area contributed by atoms with Crippen molar-refractivity contribution < 1.29 is 18.3 Å². The van der Waals surface area contributed by atoms with Crippen LogP contribution < -0.4 is 5.32 Å². The van der Waals surface area contributed by atoms with Crippen LogP contribution in [-0.4, -0.2) is 17.3 Å². The van der Waals surface area contributed by atoms with E-state index in [1.165, 1.54) is 12.1 Å². The molecule has 1 aromatic rings. The summed E-state index contributed by atoms with van der Waals surface area (Å²) in [5.74, 6) is 0. The normalized spacial score (nSPS) is 24.6. The second-order valence-corrected chi connectivity index (χ2v) is 5.64. The molecule has 2 rings (SSSR count). The molecule has 0 heterocycles. The first-order chi connectivity index (χ1) is 9.16. The van der Waals surface area contributed by atoms with Gasteiger partial charge in [0.1, 0.15) is 0 Å². The molecule has 1 aliphatic carbocycles. The van der Waals surface area contributed by atoms with Crippen molar-refractivity contribution in [1.82, 2.24) is 0 Å². The van der Waals surface area contributed by atoms with Gasteiger partial charge in [0.2, 0.25) is 0 Å². The molecule has 1 fully saturated rings. The van der Waals surface area contributed by atoms with Crippen LogP contribution in [0, 0.1) is 16.7 Å². The van der Waals surface area contributed by atoms with E-state index in [0.29, 0.717) is 6.42 Å². The van der Waals surface area contributed by atoms with Gasteiger partial charge >= 0.3 is 6.18 Å². The average Bonchev–Trinajstić information content (AvgIpc) is 2.37. The number of nitrogens with one attached hydrogen (secondary N) is 1. The quantitative estimate of drug-likeness (QED) is 0.877. The van der Waals surface area contributed by atoms with Crippen LogP contribution >= 0.6 is 0 Å². The van der Waals surface area contributed by atoms with Crippen LogP contribution in [0.3, 0.4) is 0 Å². The predicted octanol–water partition coefficient (Wildman–Crippen LogP) is 3.15. The van der Waals surface area contributed by atoms with Crippen LogP contribution in [0.5, 0.6) is 0 Å². The number of alkyl halides is 3. The molecule has 20 heavy (non-hydrogen) atoms. The van der Waals surface area contributed by atoms with E-state index in [9.17, 15) is 18.3 Å². The number of hydrogen-bond donors (Lipinski definition) is 2. The van der Waals surface area contributed by atoms with Crippen molar-refractivity contribution >= 4 is 5.69 Å². The van der Waals surface area contributed by atoms with Gasteiger partial charge in [-0.25, -0.2) is 0 Å². The third-order valence-electron chi connectivity index (χ3n) is 4.00. The van der Waals surface area contributed by atoms with Gasteiger partial charge in [-0.05, 0) is 24.6 Å². The molecule has 1 aromatic carbocycles. The summed E-state index contributed by atoms with van der Waals surface area (Å²) < 4.78 is 39.0. The van der Waals surface area contributed by atoms with Crippen molar-refractivity contribution in [2.24, 2.45) is 5.41 Å². The molecule has 3 nitrogen and oxygen atoms in total. The zero-order chi connectivity index (χ0) is 15.1. The Balaban J connectivity index is 2.31. The summed E-state index contributed by atoms with van der Waals surface area (Å²) >= 11 is 0. The van der Waals surface area contributed by atoms with Gasteiger partial charge in [0.05, 0.1) is 23.3 Å². The molecule has 2 N–H and O–H groups in total. The van der Waals surface area contributed by atoms with Crippen LogP contribution in [0.1, 0.15) is 31.4 Å². The number of aliphatic hydroxyl groups excluding tert-OH is 1. The van der Waals surface area contributed by atoms with Gasteiger partial charge in [-0.3, -0.25) is 0 Å². The van der Waals surface area contributed by atoms with Gasteiger partial charge in [-0.15, -0.1) is 0 Å². The Morgan fingerprint density at radius 3 is 2.50 bits per heavy atom. The molecular formula is C14H15F3N2O. The zero-order valence-electron chi connectivity index (χ0n) is 11.1. The Bertz CT molecular complexity index is 561. The van der Waals surface area contributed by atoms with E-state index >= 15 is 0 Å². The van der Waals surface area contributed by atoms with Crippen molar-refractivity contribution in [3.8, 4) is 6.07 Å². The largest absolute Gasteiger partial charge is 0.418 e. The summed E-state index contributed by atoms with van der Waals surface area (Å²) in [6, 6.07) is 4.92. The van der Waals surface area contributed by atoms with E-state index < -0.39 is 23.3 Å². The van der Waals surface area contributed by atoms with Crippen LogP contribution in [0.4, 0.5) is 18.9 Å². The maximum atomic E-state index is 13.0. The summed E-state index contributed by atoms with van der Waals surface area (Å²) in [5.41, 5.74) is -1.41. The Kier molecular flexibility index (Phi) is 3.42. The van der Waals surface area contributed by atoms with Crippen LogP contribution in [-0.2, 0) is 6.18 Å². The molecular weight excluding hydrogens is 269 g/mol. The molecule has 0 saturated heterocycles. The molecule has 1 aliphatic rings. The Labute approximate surface area is 115 Å². The van der Waals surface area contributed by atoms with E-state index in [-0.39, 0.29) is 17.3 Å². The highest BCUT2D eigenvalue weighted by Gasteiger charge is 2.48. The predicted molar refractivity (Wildman–Crippen MR) is 68.0 cm³/mol. The number of nitriles is 1. The first-order valence-electron chi connectivity index (χ1n) is 6.22. The summed E-state index contributed by atoms with van der Waals surface area (Å²) in [6.45, 7) is 3.60. The molecule has 0 bridgehead atoms. The number of benzene rings is 1. The first kappa shape index (κ1) is 14.7. The smallest absolute Gasteiger partial charge is 0.392 e. The van der Waals surface area contributed by atoms with Gasteiger partial charge in [0.25, 0.3) is 0 Å². The number of halogens is 3. The molecule has 0 radical (unpaired) electrons. The van der Waals surface area contributed by atoms with Gasteiger partial charge in [0.15, 0.2) is 0 Å². The van der Waals surface area contributed by atoms with Crippen molar-refractivity contribution in [2.45, 2.75) is 38.6 Å². The molecule has 2 unspecified atom stereocenters. The Morgan fingerprint density at radius 1 is 1.40 bits per heavy atom. The number of aliphatic hydroxyl groups is 1. The monoisotopic (exact) mass is 284 g/mol. The van der Waals surface area contributed by atoms with Crippen LogP contribution in [0.25, 0.3) is 0 Å². The third-order valence-corrected chi connectivity index (χ3v) is 4.00. The highest BCUT2D eigenvalue weighted by Crippen LogP contribution is 2.44. The fraction of sp³-hybridized carbons (Fsp3) is 0.500. The Morgan fingerprint density at radius 2 is 2.05 bits per heavy atom. The van der Waals surface area contributed by atoms with E-state index in [4.69, 9.17) is 5.26 Å². The van der Waals surface area contributed by atoms with Crippen molar-refractivity contribution in [1.29, 1.82) is 5.26 Å². The molecule has 6 heteroatoms. The lowest BCUT2D eigenvalue weighted by molar-refractivity contribution is -0.137. The highest BCUT2D eigenvalue weighted by atomic mass is 19.4.